The predicted molar refractivity (Wildman–Crippen MR) is 58.7 cm³/mol. The maximum absolute atomic E-state index is 12.2. The molecule has 0 saturated heterocycles. The van der Waals surface area contributed by atoms with E-state index in [1.807, 2.05) is 0 Å². The Hall–Kier alpha value is -1.36. The SMILES string of the molecule is COC(=O)c1cc(OC(F)F)c(CCl)cc1C. The molecule has 0 aliphatic carbocycles. The van der Waals surface area contributed by atoms with Gasteiger partial charge in [0.15, 0.2) is 0 Å². The van der Waals surface area contributed by atoms with Crippen molar-refractivity contribution in [2.45, 2.75) is 19.4 Å². The predicted octanol–water partition coefficient (Wildman–Crippen LogP) is 3.12. The molecule has 1 aromatic rings. The maximum atomic E-state index is 12.2. The van der Waals surface area contributed by atoms with Gasteiger partial charge in [0.2, 0.25) is 0 Å². The molecule has 0 aromatic heterocycles. The van der Waals surface area contributed by atoms with Crippen molar-refractivity contribution in [2.75, 3.05) is 7.11 Å². The summed E-state index contributed by atoms with van der Waals surface area (Å²) in [6.07, 6.45) is 0. The van der Waals surface area contributed by atoms with E-state index >= 15 is 0 Å². The van der Waals surface area contributed by atoms with Crippen LogP contribution in [0.15, 0.2) is 12.1 Å². The summed E-state index contributed by atoms with van der Waals surface area (Å²) in [7, 11) is 1.21. The van der Waals surface area contributed by atoms with E-state index in [1.54, 1.807) is 6.92 Å². The van der Waals surface area contributed by atoms with Crippen LogP contribution in [0.1, 0.15) is 21.5 Å². The van der Waals surface area contributed by atoms with Crippen LogP contribution in [-0.2, 0) is 10.6 Å². The number of rotatable bonds is 4. The van der Waals surface area contributed by atoms with Crippen LogP contribution in [-0.4, -0.2) is 19.7 Å². The summed E-state index contributed by atoms with van der Waals surface area (Å²) < 4.78 is 33.2. The van der Waals surface area contributed by atoms with Crippen molar-refractivity contribution in [1.82, 2.24) is 0 Å². The fourth-order valence-electron chi connectivity index (χ4n) is 1.39. The Morgan fingerprint density at radius 1 is 1.47 bits per heavy atom. The first-order valence-electron chi connectivity index (χ1n) is 4.72. The van der Waals surface area contributed by atoms with Gasteiger partial charge in [0.25, 0.3) is 0 Å². The molecule has 0 radical (unpaired) electrons. The highest BCUT2D eigenvalue weighted by Crippen LogP contribution is 2.27. The molecular weight excluding hydrogens is 254 g/mol. The van der Waals surface area contributed by atoms with Gasteiger partial charge < -0.3 is 9.47 Å². The van der Waals surface area contributed by atoms with E-state index in [1.165, 1.54) is 19.2 Å². The van der Waals surface area contributed by atoms with Gasteiger partial charge in [-0.15, -0.1) is 11.6 Å². The second kappa shape index (κ2) is 5.82. The van der Waals surface area contributed by atoms with Gasteiger partial charge in [0, 0.05) is 5.56 Å². The quantitative estimate of drug-likeness (QED) is 0.619. The lowest BCUT2D eigenvalue weighted by molar-refractivity contribution is -0.0504. The Morgan fingerprint density at radius 3 is 2.59 bits per heavy atom. The fraction of sp³-hybridized carbons (Fsp3) is 0.364. The van der Waals surface area contributed by atoms with Gasteiger partial charge in [-0.3, -0.25) is 0 Å². The van der Waals surface area contributed by atoms with Crippen molar-refractivity contribution in [1.29, 1.82) is 0 Å². The minimum absolute atomic E-state index is 0.0182. The minimum atomic E-state index is -2.97. The molecule has 94 valence electrons. The number of halogens is 3. The second-order valence-electron chi connectivity index (χ2n) is 3.28. The monoisotopic (exact) mass is 264 g/mol. The van der Waals surface area contributed by atoms with Crippen LogP contribution < -0.4 is 4.74 Å². The molecule has 0 amide bonds. The zero-order chi connectivity index (χ0) is 13.0. The van der Waals surface area contributed by atoms with Crippen LogP contribution in [0.25, 0.3) is 0 Å². The molecule has 0 bridgehead atoms. The van der Waals surface area contributed by atoms with Gasteiger partial charge in [-0.1, -0.05) is 6.07 Å². The van der Waals surface area contributed by atoms with E-state index in [0.717, 1.165) is 0 Å². The van der Waals surface area contributed by atoms with Gasteiger partial charge in [0.05, 0.1) is 18.6 Å². The number of hydrogen-bond donors (Lipinski definition) is 0. The zero-order valence-corrected chi connectivity index (χ0v) is 10.1. The number of hydrogen-bond acceptors (Lipinski definition) is 3. The summed E-state index contributed by atoms with van der Waals surface area (Å²) >= 11 is 5.61. The third kappa shape index (κ3) is 3.30. The first-order valence-corrected chi connectivity index (χ1v) is 5.25. The molecule has 0 unspecified atom stereocenters. The Labute approximate surface area is 102 Å². The van der Waals surface area contributed by atoms with Crippen LogP contribution in [0.2, 0.25) is 0 Å². The molecule has 0 N–H and O–H groups in total. The summed E-state index contributed by atoms with van der Waals surface area (Å²) in [5.74, 6) is -0.701. The number of methoxy groups -OCH3 is 1. The third-order valence-electron chi connectivity index (χ3n) is 2.17. The fourth-order valence-corrected chi connectivity index (χ4v) is 1.60. The Kier molecular flexibility index (Phi) is 4.69. The molecule has 0 heterocycles. The maximum Gasteiger partial charge on any atom is 0.387 e. The highest BCUT2D eigenvalue weighted by molar-refractivity contribution is 6.17. The van der Waals surface area contributed by atoms with E-state index in [9.17, 15) is 13.6 Å². The summed E-state index contributed by atoms with van der Waals surface area (Å²) in [5.41, 5.74) is 1.17. The first kappa shape index (κ1) is 13.7. The molecular formula is C11H11ClF2O3. The molecule has 0 saturated carbocycles. The molecule has 0 atom stereocenters. The lowest BCUT2D eigenvalue weighted by Gasteiger charge is -2.12. The van der Waals surface area contributed by atoms with Crippen LogP contribution in [0, 0.1) is 6.92 Å². The normalized spacial score (nSPS) is 10.5. The van der Waals surface area contributed by atoms with Crippen molar-refractivity contribution in [3.05, 3.63) is 28.8 Å². The number of alkyl halides is 3. The van der Waals surface area contributed by atoms with Crippen molar-refractivity contribution in [2.24, 2.45) is 0 Å². The van der Waals surface area contributed by atoms with E-state index in [2.05, 4.69) is 9.47 Å². The summed E-state index contributed by atoms with van der Waals surface area (Å²) in [5, 5.41) is 0. The van der Waals surface area contributed by atoms with Crippen molar-refractivity contribution in [3.8, 4) is 5.75 Å². The topological polar surface area (TPSA) is 35.5 Å². The molecule has 0 fully saturated rings. The number of esters is 1. The summed E-state index contributed by atoms with van der Waals surface area (Å²) in [6, 6.07) is 2.74. The first-order chi connectivity index (χ1) is 7.99. The molecule has 17 heavy (non-hydrogen) atoms. The highest BCUT2D eigenvalue weighted by atomic mass is 35.5. The lowest BCUT2D eigenvalue weighted by atomic mass is 10.0. The highest BCUT2D eigenvalue weighted by Gasteiger charge is 2.16. The van der Waals surface area contributed by atoms with E-state index < -0.39 is 12.6 Å². The molecule has 0 aliphatic heterocycles. The van der Waals surface area contributed by atoms with Gasteiger partial charge >= 0.3 is 12.6 Å². The number of carbonyl (C=O) groups is 1. The van der Waals surface area contributed by atoms with Crippen LogP contribution >= 0.6 is 11.6 Å². The van der Waals surface area contributed by atoms with E-state index in [4.69, 9.17) is 11.6 Å². The molecule has 1 rings (SSSR count). The minimum Gasteiger partial charge on any atom is -0.465 e. The number of aryl methyl sites for hydroxylation is 1. The second-order valence-corrected chi connectivity index (χ2v) is 3.55. The van der Waals surface area contributed by atoms with E-state index in [0.29, 0.717) is 11.1 Å². The number of ether oxygens (including phenoxy) is 2. The van der Waals surface area contributed by atoms with Gasteiger partial charge in [-0.05, 0) is 18.6 Å². The Bertz CT molecular complexity index is 421. The average Bonchev–Trinajstić information content (AvgIpc) is 2.29. The number of benzene rings is 1. The average molecular weight is 265 g/mol. The van der Waals surface area contributed by atoms with Crippen LogP contribution in [0.5, 0.6) is 5.75 Å². The van der Waals surface area contributed by atoms with Gasteiger partial charge in [0.1, 0.15) is 5.75 Å². The largest absolute Gasteiger partial charge is 0.465 e. The van der Waals surface area contributed by atoms with Crippen molar-refractivity contribution >= 4 is 17.6 Å². The standard InChI is InChI=1S/C11H11ClF2O3/c1-6-3-7(5-12)9(17-11(13)14)4-8(6)10(15)16-2/h3-4,11H,5H2,1-2H3. The Balaban J connectivity index is 3.22. The number of carbonyl (C=O) groups excluding carboxylic acids is 1. The van der Waals surface area contributed by atoms with Crippen LogP contribution in [0.3, 0.4) is 0 Å². The van der Waals surface area contributed by atoms with Gasteiger partial charge in [-0.25, -0.2) is 4.79 Å². The summed E-state index contributed by atoms with van der Waals surface area (Å²) in [4.78, 5) is 11.4. The summed E-state index contributed by atoms with van der Waals surface area (Å²) in [6.45, 7) is -1.31. The van der Waals surface area contributed by atoms with Crippen molar-refractivity contribution in [3.63, 3.8) is 0 Å². The smallest absolute Gasteiger partial charge is 0.387 e. The molecule has 1 aromatic carbocycles. The lowest BCUT2D eigenvalue weighted by Crippen LogP contribution is -2.09. The van der Waals surface area contributed by atoms with Crippen LogP contribution in [0.4, 0.5) is 8.78 Å². The molecule has 0 spiro atoms. The zero-order valence-electron chi connectivity index (χ0n) is 9.30. The molecule has 0 aliphatic rings. The van der Waals surface area contributed by atoms with Crippen molar-refractivity contribution < 1.29 is 23.0 Å². The molecule has 3 nitrogen and oxygen atoms in total. The van der Waals surface area contributed by atoms with E-state index in [-0.39, 0.29) is 17.2 Å². The molecule has 6 heteroatoms. The Morgan fingerprint density at radius 2 is 2.12 bits per heavy atom. The van der Waals surface area contributed by atoms with Gasteiger partial charge in [-0.2, -0.15) is 8.78 Å². The third-order valence-corrected chi connectivity index (χ3v) is 2.46.